The van der Waals surface area contributed by atoms with E-state index in [9.17, 15) is 9.59 Å². The van der Waals surface area contributed by atoms with Gasteiger partial charge in [0.15, 0.2) is 0 Å². The zero-order valence-electron chi connectivity index (χ0n) is 11.4. The van der Waals surface area contributed by atoms with Crippen molar-refractivity contribution in [2.75, 3.05) is 16.8 Å². The molecule has 1 N–H and O–H groups in total. The third kappa shape index (κ3) is 2.52. The summed E-state index contributed by atoms with van der Waals surface area (Å²) < 4.78 is 0. The highest BCUT2D eigenvalue weighted by Crippen LogP contribution is 2.39. The predicted octanol–water partition coefficient (Wildman–Crippen LogP) is 3.06. The molecule has 0 unspecified atom stereocenters. The molecule has 0 spiro atoms. The van der Waals surface area contributed by atoms with Gasteiger partial charge in [0, 0.05) is 24.6 Å². The van der Waals surface area contributed by atoms with Crippen LogP contribution in [0.1, 0.15) is 26.2 Å². The Morgan fingerprint density at radius 3 is 2.75 bits per heavy atom. The molecule has 1 aromatic carbocycles. The Labute approximate surface area is 123 Å². The second-order valence-corrected chi connectivity index (χ2v) is 6.03. The van der Waals surface area contributed by atoms with E-state index in [1.807, 2.05) is 0 Å². The van der Waals surface area contributed by atoms with Crippen LogP contribution in [-0.2, 0) is 9.59 Å². The number of amides is 2. The maximum absolute atomic E-state index is 11.9. The minimum atomic E-state index is 0.0542. The maximum Gasteiger partial charge on any atom is 0.227 e. The Hall–Kier alpha value is -1.55. The quantitative estimate of drug-likeness (QED) is 0.931. The van der Waals surface area contributed by atoms with Crippen molar-refractivity contribution >= 4 is 34.8 Å². The van der Waals surface area contributed by atoms with Crippen LogP contribution in [0.25, 0.3) is 0 Å². The Morgan fingerprint density at radius 2 is 2.20 bits per heavy atom. The molecule has 2 aliphatic rings. The summed E-state index contributed by atoms with van der Waals surface area (Å²) in [5.41, 5.74) is 1.42. The fourth-order valence-electron chi connectivity index (χ4n) is 2.63. The molecule has 1 saturated carbocycles. The summed E-state index contributed by atoms with van der Waals surface area (Å²) in [5, 5.41) is 3.38. The molecule has 5 heteroatoms. The largest absolute Gasteiger partial charge is 0.326 e. The van der Waals surface area contributed by atoms with Crippen molar-refractivity contribution in [1.29, 1.82) is 0 Å². The minimum absolute atomic E-state index is 0.0542. The van der Waals surface area contributed by atoms with Gasteiger partial charge in [-0.1, -0.05) is 18.5 Å². The zero-order chi connectivity index (χ0) is 14.3. The van der Waals surface area contributed by atoms with Crippen molar-refractivity contribution < 1.29 is 9.59 Å². The van der Waals surface area contributed by atoms with Gasteiger partial charge in [-0.05, 0) is 37.0 Å². The summed E-state index contributed by atoms with van der Waals surface area (Å²) in [4.78, 5) is 25.3. The molecule has 2 atom stereocenters. The van der Waals surface area contributed by atoms with Gasteiger partial charge in [0.1, 0.15) is 0 Å². The summed E-state index contributed by atoms with van der Waals surface area (Å²) >= 11 is 6.24. The molecule has 1 aliphatic carbocycles. The zero-order valence-corrected chi connectivity index (χ0v) is 12.1. The Balaban J connectivity index is 1.74. The summed E-state index contributed by atoms with van der Waals surface area (Å²) in [6, 6.07) is 5.32. The van der Waals surface area contributed by atoms with Crippen LogP contribution in [0.2, 0.25) is 5.02 Å². The first-order valence-corrected chi connectivity index (χ1v) is 7.35. The number of halogens is 1. The van der Waals surface area contributed by atoms with Crippen molar-refractivity contribution in [2.45, 2.75) is 26.2 Å². The molecule has 3 rings (SSSR count). The van der Waals surface area contributed by atoms with Crippen molar-refractivity contribution in [1.82, 2.24) is 0 Å². The van der Waals surface area contributed by atoms with Crippen molar-refractivity contribution in [2.24, 2.45) is 11.8 Å². The van der Waals surface area contributed by atoms with Crippen LogP contribution in [0.4, 0.5) is 11.4 Å². The van der Waals surface area contributed by atoms with E-state index in [1.165, 1.54) is 0 Å². The lowest BCUT2D eigenvalue weighted by Crippen LogP contribution is -2.24. The molecule has 106 valence electrons. The Morgan fingerprint density at radius 1 is 1.45 bits per heavy atom. The van der Waals surface area contributed by atoms with E-state index < -0.39 is 0 Å². The molecular formula is C15H17ClN2O2. The summed E-state index contributed by atoms with van der Waals surface area (Å²) in [6.45, 7) is 2.78. The third-order valence-corrected chi connectivity index (χ3v) is 4.33. The lowest BCUT2D eigenvalue weighted by molar-refractivity contribution is -0.118. The SMILES string of the molecule is C[C@H]1C[C@@H]1C(=O)Nc1ccc(N2CCCC2=O)c(Cl)c1. The number of anilines is 2. The highest BCUT2D eigenvalue weighted by atomic mass is 35.5. The van der Waals surface area contributed by atoms with E-state index in [1.54, 1.807) is 23.1 Å². The summed E-state index contributed by atoms with van der Waals surface area (Å²) in [5.74, 6) is 0.773. The van der Waals surface area contributed by atoms with Gasteiger partial charge in [0.2, 0.25) is 11.8 Å². The number of carbonyl (C=O) groups is 2. The fraction of sp³-hybridized carbons (Fsp3) is 0.467. The average Bonchev–Trinajstić information content (AvgIpc) is 2.99. The average molecular weight is 293 g/mol. The molecule has 1 heterocycles. The van der Waals surface area contributed by atoms with E-state index in [0.717, 1.165) is 18.5 Å². The van der Waals surface area contributed by atoms with E-state index in [0.29, 0.717) is 29.6 Å². The second kappa shape index (κ2) is 5.09. The lowest BCUT2D eigenvalue weighted by Gasteiger charge is -2.18. The fourth-order valence-corrected chi connectivity index (χ4v) is 2.91. The van der Waals surface area contributed by atoms with E-state index in [2.05, 4.69) is 12.2 Å². The van der Waals surface area contributed by atoms with Crippen LogP contribution in [0.5, 0.6) is 0 Å². The van der Waals surface area contributed by atoms with Crippen LogP contribution in [0, 0.1) is 11.8 Å². The first kappa shape index (κ1) is 13.4. The first-order chi connectivity index (χ1) is 9.56. The van der Waals surface area contributed by atoms with Crippen LogP contribution < -0.4 is 10.2 Å². The molecule has 4 nitrogen and oxygen atoms in total. The van der Waals surface area contributed by atoms with Crippen LogP contribution in [0.3, 0.4) is 0 Å². The molecular weight excluding hydrogens is 276 g/mol. The number of hydrogen-bond donors (Lipinski definition) is 1. The highest BCUT2D eigenvalue weighted by Gasteiger charge is 2.39. The Bertz CT molecular complexity index is 573. The standard InChI is InChI=1S/C15H17ClN2O2/c1-9-7-11(9)15(20)17-10-4-5-13(12(16)8-10)18-6-2-3-14(18)19/h4-5,8-9,11H,2-3,6-7H2,1H3,(H,17,20)/t9-,11-/m0/s1. The lowest BCUT2D eigenvalue weighted by atomic mass is 10.2. The molecule has 2 fully saturated rings. The van der Waals surface area contributed by atoms with Gasteiger partial charge in [-0.2, -0.15) is 0 Å². The van der Waals surface area contributed by atoms with Crippen LogP contribution in [-0.4, -0.2) is 18.4 Å². The van der Waals surface area contributed by atoms with Crippen molar-refractivity contribution in [3.63, 3.8) is 0 Å². The molecule has 0 bridgehead atoms. The highest BCUT2D eigenvalue weighted by molar-refractivity contribution is 6.34. The van der Waals surface area contributed by atoms with Crippen molar-refractivity contribution in [3.8, 4) is 0 Å². The Kier molecular flexibility index (Phi) is 3.42. The number of nitrogens with one attached hydrogen (secondary N) is 1. The monoisotopic (exact) mass is 292 g/mol. The number of hydrogen-bond acceptors (Lipinski definition) is 2. The van der Waals surface area contributed by atoms with Gasteiger partial charge >= 0.3 is 0 Å². The molecule has 1 aromatic rings. The topological polar surface area (TPSA) is 49.4 Å². The van der Waals surface area contributed by atoms with Gasteiger partial charge in [0.05, 0.1) is 10.7 Å². The molecule has 20 heavy (non-hydrogen) atoms. The number of nitrogens with zero attached hydrogens (tertiary/aromatic N) is 1. The molecule has 0 radical (unpaired) electrons. The smallest absolute Gasteiger partial charge is 0.227 e. The van der Waals surface area contributed by atoms with Gasteiger partial charge < -0.3 is 10.2 Å². The normalized spacial score (nSPS) is 24.9. The second-order valence-electron chi connectivity index (χ2n) is 5.62. The molecule has 0 aromatic heterocycles. The van der Waals surface area contributed by atoms with Gasteiger partial charge in [-0.15, -0.1) is 0 Å². The van der Waals surface area contributed by atoms with Crippen molar-refractivity contribution in [3.05, 3.63) is 23.2 Å². The third-order valence-electron chi connectivity index (χ3n) is 4.03. The minimum Gasteiger partial charge on any atom is -0.326 e. The summed E-state index contributed by atoms with van der Waals surface area (Å²) in [6.07, 6.45) is 2.40. The summed E-state index contributed by atoms with van der Waals surface area (Å²) in [7, 11) is 0. The number of carbonyl (C=O) groups excluding carboxylic acids is 2. The first-order valence-electron chi connectivity index (χ1n) is 6.97. The number of rotatable bonds is 3. The molecule has 1 aliphatic heterocycles. The predicted molar refractivity (Wildman–Crippen MR) is 78.9 cm³/mol. The van der Waals surface area contributed by atoms with Crippen LogP contribution in [0.15, 0.2) is 18.2 Å². The molecule has 2 amide bonds. The van der Waals surface area contributed by atoms with E-state index in [4.69, 9.17) is 11.6 Å². The van der Waals surface area contributed by atoms with Crippen LogP contribution >= 0.6 is 11.6 Å². The number of benzene rings is 1. The van der Waals surface area contributed by atoms with E-state index >= 15 is 0 Å². The maximum atomic E-state index is 11.9. The van der Waals surface area contributed by atoms with Gasteiger partial charge in [0.25, 0.3) is 0 Å². The van der Waals surface area contributed by atoms with Gasteiger partial charge in [-0.25, -0.2) is 0 Å². The molecule has 1 saturated heterocycles. The van der Waals surface area contributed by atoms with E-state index in [-0.39, 0.29) is 17.7 Å². The van der Waals surface area contributed by atoms with Gasteiger partial charge in [-0.3, -0.25) is 9.59 Å².